The first-order chi connectivity index (χ1) is 9.81. The minimum absolute atomic E-state index is 0.206. The summed E-state index contributed by atoms with van der Waals surface area (Å²) in [4.78, 5) is 0. The summed E-state index contributed by atoms with van der Waals surface area (Å²) in [6.07, 6.45) is 11.7. The lowest BCUT2D eigenvalue weighted by Gasteiger charge is -2.23. The van der Waals surface area contributed by atoms with Gasteiger partial charge in [-0.15, -0.1) is 0 Å². The molecule has 2 nitrogen and oxygen atoms in total. The fourth-order valence-corrected chi connectivity index (χ4v) is 2.81. The maximum atomic E-state index is 9.68. The van der Waals surface area contributed by atoms with Crippen LogP contribution in [-0.4, -0.2) is 0 Å². The quantitative estimate of drug-likeness (QED) is 0.767. The molecule has 1 unspecified atom stereocenters. The standard InChI is InChI=1S/C18H12N2/c19-12-18(13-20)16-10-6-2-5-9-15(16)11-17(18)14-7-3-1-4-8-14/h1-11,16H. The molecule has 0 radical (unpaired) electrons. The van der Waals surface area contributed by atoms with Crippen molar-refractivity contribution < 1.29 is 0 Å². The van der Waals surface area contributed by atoms with Gasteiger partial charge in [0, 0.05) is 5.92 Å². The van der Waals surface area contributed by atoms with E-state index in [0.717, 1.165) is 16.7 Å². The number of hydrogen-bond acceptors (Lipinski definition) is 2. The van der Waals surface area contributed by atoms with Gasteiger partial charge in [0.25, 0.3) is 0 Å². The third kappa shape index (κ3) is 1.63. The molecule has 2 aliphatic rings. The number of hydrogen-bond donors (Lipinski definition) is 0. The minimum Gasteiger partial charge on any atom is -0.196 e. The highest BCUT2D eigenvalue weighted by atomic mass is 14.5. The Morgan fingerprint density at radius 1 is 0.950 bits per heavy atom. The molecule has 0 heterocycles. The largest absolute Gasteiger partial charge is 0.196 e. The van der Waals surface area contributed by atoms with Gasteiger partial charge >= 0.3 is 0 Å². The highest BCUT2D eigenvalue weighted by molar-refractivity contribution is 5.83. The van der Waals surface area contributed by atoms with Gasteiger partial charge in [0.2, 0.25) is 0 Å². The summed E-state index contributed by atoms with van der Waals surface area (Å²) in [5, 5.41) is 19.4. The van der Waals surface area contributed by atoms with E-state index in [1.54, 1.807) is 0 Å². The summed E-state index contributed by atoms with van der Waals surface area (Å²) in [5.74, 6) is -0.206. The van der Waals surface area contributed by atoms with E-state index in [9.17, 15) is 10.5 Å². The van der Waals surface area contributed by atoms with Crippen molar-refractivity contribution in [2.24, 2.45) is 11.3 Å². The molecule has 0 N–H and O–H groups in total. The summed E-state index contributed by atoms with van der Waals surface area (Å²) in [7, 11) is 0. The second-order valence-electron chi connectivity index (χ2n) is 4.87. The van der Waals surface area contributed by atoms with Crippen molar-refractivity contribution in [3.05, 3.63) is 77.9 Å². The molecule has 1 aromatic rings. The van der Waals surface area contributed by atoms with Crippen LogP contribution in [0.1, 0.15) is 5.56 Å². The van der Waals surface area contributed by atoms with Crippen molar-refractivity contribution in [3.63, 3.8) is 0 Å². The monoisotopic (exact) mass is 256 g/mol. The van der Waals surface area contributed by atoms with E-state index in [2.05, 4.69) is 12.1 Å². The minimum atomic E-state index is -1.14. The Morgan fingerprint density at radius 2 is 1.70 bits per heavy atom. The number of rotatable bonds is 1. The van der Waals surface area contributed by atoms with Crippen LogP contribution < -0.4 is 0 Å². The lowest BCUT2D eigenvalue weighted by molar-refractivity contribution is 0.578. The number of nitrogens with zero attached hydrogens (tertiary/aromatic N) is 2. The molecule has 20 heavy (non-hydrogen) atoms. The maximum Gasteiger partial charge on any atom is 0.179 e. The fraction of sp³-hybridized carbons (Fsp3) is 0.111. The summed E-state index contributed by atoms with van der Waals surface area (Å²) in [6, 6.07) is 14.2. The first-order valence-corrected chi connectivity index (χ1v) is 6.47. The van der Waals surface area contributed by atoms with Crippen LogP contribution in [0.4, 0.5) is 0 Å². The Hall–Kier alpha value is -2.84. The lowest BCUT2D eigenvalue weighted by Crippen LogP contribution is -2.24. The van der Waals surface area contributed by atoms with Crippen molar-refractivity contribution >= 4 is 5.57 Å². The van der Waals surface area contributed by atoms with Crippen LogP contribution in [0.3, 0.4) is 0 Å². The molecule has 0 saturated carbocycles. The van der Waals surface area contributed by atoms with Gasteiger partial charge in [0.1, 0.15) is 0 Å². The topological polar surface area (TPSA) is 47.6 Å². The Bertz CT molecular complexity index is 720. The average molecular weight is 256 g/mol. The van der Waals surface area contributed by atoms with Gasteiger partial charge in [-0.05, 0) is 16.7 Å². The molecule has 0 fully saturated rings. The first kappa shape index (κ1) is 12.2. The number of allylic oxidation sites excluding steroid dienone is 8. The van der Waals surface area contributed by atoms with E-state index in [-0.39, 0.29) is 5.92 Å². The van der Waals surface area contributed by atoms with Crippen LogP contribution in [0, 0.1) is 34.0 Å². The van der Waals surface area contributed by atoms with Crippen molar-refractivity contribution in [2.45, 2.75) is 0 Å². The maximum absolute atomic E-state index is 9.68. The highest BCUT2D eigenvalue weighted by Gasteiger charge is 2.48. The zero-order valence-corrected chi connectivity index (χ0v) is 10.8. The highest BCUT2D eigenvalue weighted by Crippen LogP contribution is 2.51. The summed E-state index contributed by atoms with van der Waals surface area (Å²) < 4.78 is 0. The van der Waals surface area contributed by atoms with Crippen molar-refractivity contribution in [1.29, 1.82) is 10.5 Å². The van der Waals surface area contributed by atoms with Gasteiger partial charge in [0.15, 0.2) is 5.41 Å². The van der Waals surface area contributed by atoms with Crippen LogP contribution in [0.15, 0.2) is 72.4 Å². The van der Waals surface area contributed by atoms with E-state index < -0.39 is 5.41 Å². The number of nitriles is 2. The fourth-order valence-electron chi connectivity index (χ4n) is 2.81. The first-order valence-electron chi connectivity index (χ1n) is 6.47. The van der Waals surface area contributed by atoms with E-state index >= 15 is 0 Å². The molecular formula is C18H12N2. The molecular weight excluding hydrogens is 244 g/mol. The summed E-state index contributed by atoms with van der Waals surface area (Å²) in [6.45, 7) is 0. The van der Waals surface area contributed by atoms with Crippen LogP contribution in [-0.2, 0) is 0 Å². The average Bonchev–Trinajstić information content (AvgIpc) is 2.64. The number of benzene rings is 1. The van der Waals surface area contributed by atoms with E-state index in [0.29, 0.717) is 0 Å². The van der Waals surface area contributed by atoms with Gasteiger partial charge in [-0.1, -0.05) is 66.8 Å². The summed E-state index contributed by atoms with van der Waals surface area (Å²) >= 11 is 0. The van der Waals surface area contributed by atoms with E-state index in [4.69, 9.17) is 0 Å². The molecule has 0 saturated heterocycles. The Morgan fingerprint density at radius 3 is 2.40 bits per heavy atom. The predicted molar refractivity (Wildman–Crippen MR) is 77.9 cm³/mol. The van der Waals surface area contributed by atoms with Gasteiger partial charge in [-0.2, -0.15) is 10.5 Å². The Labute approximate surface area is 118 Å². The van der Waals surface area contributed by atoms with Gasteiger partial charge in [-0.3, -0.25) is 0 Å². The molecule has 1 atom stereocenters. The predicted octanol–water partition coefficient (Wildman–Crippen LogP) is 3.79. The van der Waals surface area contributed by atoms with Crippen molar-refractivity contribution in [2.75, 3.05) is 0 Å². The lowest BCUT2D eigenvalue weighted by atomic mass is 9.73. The Kier molecular flexibility index (Phi) is 2.86. The zero-order valence-electron chi connectivity index (χ0n) is 10.8. The Balaban J connectivity index is 2.23. The normalized spacial score (nSPS) is 22.0. The van der Waals surface area contributed by atoms with Crippen LogP contribution in [0.25, 0.3) is 5.57 Å². The molecule has 2 heteroatoms. The molecule has 3 rings (SSSR count). The van der Waals surface area contributed by atoms with Crippen molar-refractivity contribution in [3.8, 4) is 12.1 Å². The van der Waals surface area contributed by atoms with Crippen LogP contribution in [0.2, 0.25) is 0 Å². The number of fused-ring (bicyclic) bond motifs is 1. The molecule has 0 aromatic heterocycles. The van der Waals surface area contributed by atoms with Gasteiger partial charge in [0.05, 0.1) is 12.1 Å². The SMILES string of the molecule is N#CC1(C#N)C(c2ccccc2)=CC2=CC=CC=CC21. The van der Waals surface area contributed by atoms with E-state index in [1.165, 1.54) is 0 Å². The molecule has 0 amide bonds. The third-order valence-electron chi connectivity index (χ3n) is 3.81. The molecule has 0 spiro atoms. The van der Waals surface area contributed by atoms with Gasteiger partial charge in [-0.25, -0.2) is 0 Å². The van der Waals surface area contributed by atoms with Crippen LogP contribution in [0.5, 0.6) is 0 Å². The second-order valence-corrected chi connectivity index (χ2v) is 4.87. The smallest absolute Gasteiger partial charge is 0.179 e. The van der Waals surface area contributed by atoms with Crippen LogP contribution >= 0.6 is 0 Å². The molecule has 2 aliphatic carbocycles. The summed E-state index contributed by atoms with van der Waals surface area (Å²) in [5.41, 5.74) is 1.59. The van der Waals surface area contributed by atoms with Crippen molar-refractivity contribution in [1.82, 2.24) is 0 Å². The van der Waals surface area contributed by atoms with Gasteiger partial charge < -0.3 is 0 Å². The second kappa shape index (κ2) is 4.68. The zero-order chi connectivity index (χ0) is 14.0. The molecule has 0 bridgehead atoms. The molecule has 0 aliphatic heterocycles. The van der Waals surface area contributed by atoms with E-state index in [1.807, 2.05) is 66.8 Å². The third-order valence-corrected chi connectivity index (χ3v) is 3.81. The molecule has 94 valence electrons. The molecule has 1 aromatic carbocycles.